The quantitative estimate of drug-likeness (QED) is 0.597. The van der Waals surface area contributed by atoms with Gasteiger partial charge in [-0.1, -0.05) is 12.1 Å². The van der Waals surface area contributed by atoms with Crippen molar-refractivity contribution in [3.63, 3.8) is 0 Å². The predicted molar refractivity (Wildman–Crippen MR) is 50.3 cm³/mol. The second-order valence-corrected chi connectivity index (χ2v) is 3.05. The summed E-state index contributed by atoms with van der Waals surface area (Å²) in [6.45, 7) is 0. The van der Waals surface area contributed by atoms with Gasteiger partial charge < -0.3 is 10.2 Å². The van der Waals surface area contributed by atoms with E-state index >= 15 is 0 Å². The van der Waals surface area contributed by atoms with Crippen molar-refractivity contribution in [1.82, 2.24) is 0 Å². The second-order valence-electron chi connectivity index (χ2n) is 3.05. The van der Waals surface area contributed by atoms with Crippen LogP contribution in [0.15, 0.2) is 18.2 Å². The summed E-state index contributed by atoms with van der Waals surface area (Å²) in [7, 11) is 0. The number of aliphatic hydroxyl groups excluding tert-OH is 1. The number of hydrogen-bond donors (Lipinski definition) is 2. The van der Waals surface area contributed by atoms with Crippen LogP contribution in [0.4, 0.5) is 10.1 Å². The first-order chi connectivity index (χ1) is 7.43. The Morgan fingerprint density at radius 1 is 1.56 bits per heavy atom. The number of carboxylic acids is 1. The number of aliphatic carboxylic acids is 1. The summed E-state index contributed by atoms with van der Waals surface area (Å²) < 4.78 is 13.4. The third kappa shape index (κ3) is 2.51. The Hall–Kier alpha value is -2.02. The highest BCUT2D eigenvalue weighted by atomic mass is 19.1. The molecule has 0 radical (unpaired) electrons. The molecule has 2 N–H and O–H groups in total. The third-order valence-electron chi connectivity index (χ3n) is 1.93. The average Bonchev–Trinajstić information content (AvgIpc) is 2.16. The molecule has 1 atom stereocenters. The number of nitrogens with zero attached hydrogens (tertiary/aromatic N) is 1. The number of aliphatic hydroxyl groups is 1. The van der Waals surface area contributed by atoms with Crippen LogP contribution in [0.3, 0.4) is 0 Å². The molecule has 0 aromatic heterocycles. The van der Waals surface area contributed by atoms with Crippen LogP contribution in [0.2, 0.25) is 0 Å². The van der Waals surface area contributed by atoms with E-state index in [9.17, 15) is 24.4 Å². The molecule has 0 saturated carbocycles. The molecule has 16 heavy (non-hydrogen) atoms. The maximum Gasteiger partial charge on any atom is 0.306 e. The van der Waals surface area contributed by atoms with Gasteiger partial charge in [-0.25, -0.2) is 0 Å². The molecule has 0 saturated heterocycles. The van der Waals surface area contributed by atoms with Gasteiger partial charge in [-0.05, 0) is 0 Å². The molecule has 0 aliphatic rings. The molecule has 6 nitrogen and oxygen atoms in total. The molecule has 0 spiro atoms. The van der Waals surface area contributed by atoms with Crippen LogP contribution in [0.1, 0.15) is 18.1 Å². The van der Waals surface area contributed by atoms with E-state index < -0.39 is 40.5 Å². The number of nitro groups is 1. The minimum Gasteiger partial charge on any atom is -0.481 e. The molecule has 86 valence electrons. The first kappa shape index (κ1) is 12.1. The van der Waals surface area contributed by atoms with E-state index in [-0.39, 0.29) is 0 Å². The van der Waals surface area contributed by atoms with Gasteiger partial charge in [0.25, 0.3) is 0 Å². The normalized spacial score (nSPS) is 12.1. The lowest BCUT2D eigenvalue weighted by atomic mass is 10.1. The van der Waals surface area contributed by atoms with Gasteiger partial charge in [0.15, 0.2) is 0 Å². The Bertz CT molecular complexity index is 434. The van der Waals surface area contributed by atoms with E-state index in [0.29, 0.717) is 0 Å². The van der Waals surface area contributed by atoms with Crippen LogP contribution in [-0.4, -0.2) is 21.1 Å². The summed E-state index contributed by atoms with van der Waals surface area (Å²) in [6, 6.07) is 3.23. The first-order valence-electron chi connectivity index (χ1n) is 4.26. The molecule has 0 amide bonds. The van der Waals surface area contributed by atoms with Crippen LogP contribution in [0, 0.1) is 15.9 Å². The summed E-state index contributed by atoms with van der Waals surface area (Å²) in [5.41, 5.74) is -1.18. The van der Waals surface area contributed by atoms with E-state index in [2.05, 4.69) is 0 Å². The Labute approximate surface area is 89.1 Å². The summed E-state index contributed by atoms with van der Waals surface area (Å²) >= 11 is 0. The predicted octanol–water partition coefficient (Wildman–Crippen LogP) is 1.24. The van der Waals surface area contributed by atoms with Gasteiger partial charge >= 0.3 is 11.7 Å². The van der Waals surface area contributed by atoms with E-state index in [1.165, 1.54) is 6.07 Å². The standard InChI is InChI=1S/C9H8FNO5/c10-9-5(7(12)4-8(13)14)2-1-3-6(9)11(15)16/h1-3,7,12H,4H2,(H,13,14)/t7-/m0/s1. The molecule has 0 aliphatic carbocycles. The number of nitro benzene ring substituents is 1. The molecule has 7 heteroatoms. The smallest absolute Gasteiger partial charge is 0.306 e. The Balaban J connectivity index is 3.10. The van der Waals surface area contributed by atoms with Crippen molar-refractivity contribution in [2.24, 2.45) is 0 Å². The zero-order valence-corrected chi connectivity index (χ0v) is 7.96. The molecular formula is C9H8FNO5. The van der Waals surface area contributed by atoms with E-state index in [0.717, 1.165) is 12.1 Å². The molecular weight excluding hydrogens is 221 g/mol. The highest BCUT2D eigenvalue weighted by Crippen LogP contribution is 2.26. The fraction of sp³-hybridized carbons (Fsp3) is 0.222. The van der Waals surface area contributed by atoms with Gasteiger partial charge in [-0.3, -0.25) is 14.9 Å². The van der Waals surface area contributed by atoms with Crippen LogP contribution in [-0.2, 0) is 4.79 Å². The average molecular weight is 229 g/mol. The third-order valence-corrected chi connectivity index (χ3v) is 1.93. The van der Waals surface area contributed by atoms with Gasteiger partial charge in [0.2, 0.25) is 5.82 Å². The number of hydrogen-bond acceptors (Lipinski definition) is 4. The van der Waals surface area contributed by atoms with Crippen LogP contribution >= 0.6 is 0 Å². The second kappa shape index (κ2) is 4.67. The summed E-state index contributed by atoms with van der Waals surface area (Å²) in [5, 5.41) is 28.1. The number of carbonyl (C=O) groups is 1. The fourth-order valence-electron chi connectivity index (χ4n) is 1.21. The van der Waals surface area contributed by atoms with E-state index in [1.54, 1.807) is 0 Å². The lowest BCUT2D eigenvalue weighted by molar-refractivity contribution is -0.387. The van der Waals surface area contributed by atoms with Crippen molar-refractivity contribution in [3.8, 4) is 0 Å². The molecule has 1 aromatic carbocycles. The van der Waals surface area contributed by atoms with E-state index in [4.69, 9.17) is 5.11 Å². The highest BCUT2D eigenvalue weighted by molar-refractivity contribution is 5.67. The Kier molecular flexibility index (Phi) is 3.51. The highest BCUT2D eigenvalue weighted by Gasteiger charge is 2.23. The summed E-state index contributed by atoms with van der Waals surface area (Å²) in [5.74, 6) is -2.53. The first-order valence-corrected chi connectivity index (χ1v) is 4.26. The lowest BCUT2D eigenvalue weighted by Crippen LogP contribution is -2.08. The number of carboxylic acid groups (broad SMARTS) is 1. The van der Waals surface area contributed by atoms with Crippen molar-refractivity contribution >= 4 is 11.7 Å². The molecule has 0 heterocycles. The molecule has 0 unspecified atom stereocenters. The number of rotatable bonds is 4. The van der Waals surface area contributed by atoms with Crippen LogP contribution in [0.25, 0.3) is 0 Å². The van der Waals surface area contributed by atoms with Crippen molar-refractivity contribution in [2.75, 3.05) is 0 Å². The molecule has 1 aromatic rings. The largest absolute Gasteiger partial charge is 0.481 e. The number of benzene rings is 1. The van der Waals surface area contributed by atoms with Gasteiger partial charge in [0.1, 0.15) is 0 Å². The summed E-state index contributed by atoms with van der Waals surface area (Å²) in [6.07, 6.45) is -2.31. The topological polar surface area (TPSA) is 101 Å². The molecule has 0 aliphatic heterocycles. The Morgan fingerprint density at radius 2 is 2.19 bits per heavy atom. The zero-order chi connectivity index (χ0) is 12.3. The monoisotopic (exact) mass is 229 g/mol. The van der Waals surface area contributed by atoms with E-state index in [1.807, 2.05) is 0 Å². The van der Waals surface area contributed by atoms with Gasteiger partial charge in [-0.2, -0.15) is 4.39 Å². The van der Waals surface area contributed by atoms with Crippen molar-refractivity contribution < 1.29 is 24.3 Å². The Morgan fingerprint density at radius 3 is 2.69 bits per heavy atom. The lowest BCUT2D eigenvalue weighted by Gasteiger charge is -2.08. The zero-order valence-electron chi connectivity index (χ0n) is 7.96. The van der Waals surface area contributed by atoms with Crippen molar-refractivity contribution in [1.29, 1.82) is 0 Å². The van der Waals surface area contributed by atoms with Crippen LogP contribution < -0.4 is 0 Å². The molecule has 1 rings (SSSR count). The molecule has 0 fully saturated rings. The van der Waals surface area contributed by atoms with Crippen molar-refractivity contribution in [2.45, 2.75) is 12.5 Å². The van der Waals surface area contributed by atoms with Gasteiger partial charge in [0, 0.05) is 11.6 Å². The SMILES string of the molecule is O=C(O)C[C@H](O)c1cccc([N+](=O)[O-])c1F. The fourth-order valence-corrected chi connectivity index (χ4v) is 1.21. The number of halogens is 1. The van der Waals surface area contributed by atoms with Gasteiger partial charge in [-0.15, -0.1) is 0 Å². The van der Waals surface area contributed by atoms with Crippen LogP contribution in [0.5, 0.6) is 0 Å². The molecule has 0 bridgehead atoms. The maximum atomic E-state index is 13.4. The minimum absolute atomic E-state index is 0.392. The summed E-state index contributed by atoms with van der Waals surface area (Å²) in [4.78, 5) is 19.7. The van der Waals surface area contributed by atoms with Crippen molar-refractivity contribution in [3.05, 3.63) is 39.7 Å². The maximum absolute atomic E-state index is 13.4. The minimum atomic E-state index is -1.60. The van der Waals surface area contributed by atoms with Gasteiger partial charge in [0.05, 0.1) is 17.4 Å².